The normalized spacial score (nSPS) is 10.1. The monoisotopic (exact) mass is 291 g/mol. The Morgan fingerprint density at radius 3 is 2.55 bits per heavy atom. The summed E-state index contributed by atoms with van der Waals surface area (Å²) in [5, 5.41) is 13.8. The highest BCUT2D eigenvalue weighted by Crippen LogP contribution is 2.19. The second kappa shape index (κ2) is 5.66. The van der Waals surface area contributed by atoms with Gasteiger partial charge >= 0.3 is 0 Å². The van der Waals surface area contributed by atoms with Gasteiger partial charge in [-0.15, -0.1) is 0 Å². The lowest BCUT2D eigenvalue weighted by molar-refractivity contribution is -0.385. The van der Waals surface area contributed by atoms with Crippen LogP contribution >= 0.6 is 11.6 Å². The second-order valence-corrected chi connectivity index (χ2v) is 4.51. The Hall–Kier alpha value is -2.47. The van der Waals surface area contributed by atoms with Crippen LogP contribution in [0.5, 0.6) is 0 Å². The summed E-state index contributed by atoms with van der Waals surface area (Å²) in [5.41, 5.74) is 0.762. The molecule has 0 spiro atoms. The summed E-state index contributed by atoms with van der Waals surface area (Å²) in [6.45, 7) is 1.58. The molecule has 0 fully saturated rings. The van der Waals surface area contributed by atoms with Gasteiger partial charge in [-0.1, -0.05) is 11.6 Å². The Labute approximate surface area is 119 Å². The van der Waals surface area contributed by atoms with Crippen LogP contribution in [0.3, 0.4) is 0 Å². The van der Waals surface area contributed by atoms with Crippen LogP contribution in [0.25, 0.3) is 0 Å². The highest BCUT2D eigenvalue weighted by Gasteiger charge is 2.13. The third-order valence-electron chi connectivity index (χ3n) is 2.63. The SMILES string of the molecule is Cc1cc(NC(=O)c2ccc(Cl)cc2)ncc1[N+](=O)[O-]. The van der Waals surface area contributed by atoms with E-state index in [-0.39, 0.29) is 17.4 Å². The minimum atomic E-state index is -0.521. The second-order valence-electron chi connectivity index (χ2n) is 4.07. The topological polar surface area (TPSA) is 85.1 Å². The van der Waals surface area contributed by atoms with Gasteiger partial charge in [-0.3, -0.25) is 14.9 Å². The van der Waals surface area contributed by atoms with Gasteiger partial charge in [0.1, 0.15) is 12.0 Å². The number of aryl methyl sites for hydroxylation is 1. The molecule has 2 aromatic rings. The smallest absolute Gasteiger partial charge is 0.290 e. The number of halogens is 1. The third kappa shape index (κ3) is 3.10. The first kappa shape index (κ1) is 14.0. The molecule has 102 valence electrons. The van der Waals surface area contributed by atoms with Crippen LogP contribution in [0.15, 0.2) is 36.5 Å². The van der Waals surface area contributed by atoms with E-state index in [4.69, 9.17) is 11.6 Å². The molecule has 1 aromatic carbocycles. The molecule has 0 atom stereocenters. The van der Waals surface area contributed by atoms with Gasteiger partial charge in [-0.25, -0.2) is 4.98 Å². The van der Waals surface area contributed by atoms with Crippen molar-refractivity contribution in [3.05, 3.63) is 62.8 Å². The number of amides is 1. The minimum Gasteiger partial charge on any atom is -0.307 e. The fourth-order valence-electron chi connectivity index (χ4n) is 1.60. The molecule has 0 aliphatic carbocycles. The number of anilines is 1. The molecular weight excluding hydrogens is 282 g/mol. The Morgan fingerprint density at radius 1 is 1.35 bits per heavy atom. The standard InChI is InChI=1S/C13H10ClN3O3/c1-8-6-12(15-7-11(8)17(19)20)16-13(18)9-2-4-10(14)5-3-9/h2-7H,1H3,(H,15,16,18). The number of nitrogens with one attached hydrogen (secondary N) is 1. The summed E-state index contributed by atoms with van der Waals surface area (Å²) in [4.78, 5) is 25.9. The van der Waals surface area contributed by atoms with Crippen molar-refractivity contribution in [2.75, 3.05) is 5.32 Å². The molecule has 20 heavy (non-hydrogen) atoms. The lowest BCUT2D eigenvalue weighted by Crippen LogP contribution is -2.13. The minimum absolute atomic E-state index is 0.0884. The van der Waals surface area contributed by atoms with Gasteiger partial charge in [0.25, 0.3) is 11.6 Å². The predicted molar refractivity (Wildman–Crippen MR) is 75.0 cm³/mol. The number of rotatable bonds is 3. The fourth-order valence-corrected chi connectivity index (χ4v) is 1.72. The van der Waals surface area contributed by atoms with Crippen LogP contribution in [0.2, 0.25) is 5.02 Å². The highest BCUT2D eigenvalue weighted by atomic mass is 35.5. The number of hydrogen-bond acceptors (Lipinski definition) is 4. The summed E-state index contributed by atoms with van der Waals surface area (Å²) < 4.78 is 0. The molecule has 0 bridgehead atoms. The number of carbonyl (C=O) groups is 1. The van der Waals surface area contributed by atoms with Crippen molar-refractivity contribution in [2.24, 2.45) is 0 Å². The molecule has 0 aliphatic heterocycles. The summed E-state index contributed by atoms with van der Waals surface area (Å²) >= 11 is 5.74. The summed E-state index contributed by atoms with van der Waals surface area (Å²) in [5.74, 6) is -0.101. The largest absolute Gasteiger partial charge is 0.307 e. The van der Waals surface area contributed by atoms with Gasteiger partial charge in [-0.05, 0) is 37.3 Å². The van der Waals surface area contributed by atoms with Gasteiger partial charge in [0, 0.05) is 16.1 Å². The van der Waals surface area contributed by atoms with Crippen LogP contribution in [0, 0.1) is 17.0 Å². The molecule has 0 radical (unpaired) electrons. The molecular formula is C13H10ClN3O3. The fraction of sp³-hybridized carbons (Fsp3) is 0.0769. The van der Waals surface area contributed by atoms with Gasteiger partial charge < -0.3 is 5.32 Å². The Kier molecular flexibility index (Phi) is 3.95. The number of benzene rings is 1. The maximum Gasteiger partial charge on any atom is 0.290 e. The first-order chi connectivity index (χ1) is 9.47. The molecule has 0 saturated heterocycles. The molecule has 0 aliphatic rings. The Balaban J connectivity index is 2.18. The average Bonchev–Trinajstić information content (AvgIpc) is 2.39. The number of aromatic nitrogens is 1. The van der Waals surface area contributed by atoms with Crippen LogP contribution in [-0.2, 0) is 0 Å². The van der Waals surface area contributed by atoms with Gasteiger partial charge in [-0.2, -0.15) is 0 Å². The van der Waals surface area contributed by atoms with E-state index in [9.17, 15) is 14.9 Å². The maximum absolute atomic E-state index is 11.9. The van der Waals surface area contributed by atoms with Crippen LogP contribution in [0.4, 0.5) is 11.5 Å². The van der Waals surface area contributed by atoms with E-state index in [1.54, 1.807) is 31.2 Å². The number of hydrogen-bond donors (Lipinski definition) is 1. The summed E-state index contributed by atoms with van der Waals surface area (Å²) in [6.07, 6.45) is 1.12. The average molecular weight is 292 g/mol. The van der Waals surface area contributed by atoms with Crippen molar-refractivity contribution < 1.29 is 9.72 Å². The zero-order valence-corrected chi connectivity index (χ0v) is 11.2. The van der Waals surface area contributed by atoms with Crippen molar-refractivity contribution in [2.45, 2.75) is 6.92 Å². The summed E-state index contributed by atoms with van der Waals surface area (Å²) in [6, 6.07) is 7.81. The lowest BCUT2D eigenvalue weighted by Gasteiger charge is -2.05. The molecule has 0 saturated carbocycles. The zero-order chi connectivity index (χ0) is 14.7. The van der Waals surface area contributed by atoms with Crippen molar-refractivity contribution in [1.82, 2.24) is 4.98 Å². The van der Waals surface area contributed by atoms with E-state index < -0.39 is 4.92 Å². The van der Waals surface area contributed by atoms with E-state index in [0.717, 1.165) is 6.20 Å². The van der Waals surface area contributed by atoms with E-state index in [1.807, 2.05) is 0 Å². The number of pyridine rings is 1. The molecule has 2 rings (SSSR count). The Morgan fingerprint density at radius 2 is 2.00 bits per heavy atom. The molecule has 1 N–H and O–H groups in total. The molecule has 1 amide bonds. The highest BCUT2D eigenvalue weighted by molar-refractivity contribution is 6.30. The number of carbonyl (C=O) groups excluding carboxylic acids is 1. The van der Waals surface area contributed by atoms with Gasteiger partial charge in [0.2, 0.25) is 0 Å². The van der Waals surface area contributed by atoms with Crippen molar-refractivity contribution in [3.63, 3.8) is 0 Å². The predicted octanol–water partition coefficient (Wildman–Crippen LogP) is 3.20. The lowest BCUT2D eigenvalue weighted by atomic mass is 10.2. The van der Waals surface area contributed by atoms with E-state index >= 15 is 0 Å². The first-order valence-corrected chi connectivity index (χ1v) is 6.03. The molecule has 6 nitrogen and oxygen atoms in total. The molecule has 1 aromatic heterocycles. The van der Waals surface area contributed by atoms with Crippen LogP contribution in [-0.4, -0.2) is 15.8 Å². The third-order valence-corrected chi connectivity index (χ3v) is 2.88. The van der Waals surface area contributed by atoms with Crippen molar-refractivity contribution in [1.29, 1.82) is 0 Å². The van der Waals surface area contributed by atoms with Crippen LogP contribution in [0.1, 0.15) is 15.9 Å². The molecule has 1 heterocycles. The Bertz CT molecular complexity index is 671. The van der Waals surface area contributed by atoms with Crippen molar-refractivity contribution in [3.8, 4) is 0 Å². The van der Waals surface area contributed by atoms with E-state index in [0.29, 0.717) is 16.1 Å². The van der Waals surface area contributed by atoms with E-state index in [1.165, 1.54) is 6.07 Å². The molecule has 7 heteroatoms. The number of nitrogens with zero attached hydrogens (tertiary/aromatic N) is 2. The quantitative estimate of drug-likeness (QED) is 0.695. The van der Waals surface area contributed by atoms with Gasteiger partial charge in [0.15, 0.2) is 0 Å². The molecule has 0 unspecified atom stereocenters. The van der Waals surface area contributed by atoms with Crippen molar-refractivity contribution >= 4 is 29.0 Å². The number of nitro groups is 1. The van der Waals surface area contributed by atoms with E-state index in [2.05, 4.69) is 10.3 Å². The van der Waals surface area contributed by atoms with Gasteiger partial charge in [0.05, 0.1) is 4.92 Å². The summed E-state index contributed by atoms with van der Waals surface area (Å²) in [7, 11) is 0. The zero-order valence-electron chi connectivity index (χ0n) is 10.5. The van der Waals surface area contributed by atoms with Crippen LogP contribution < -0.4 is 5.32 Å². The maximum atomic E-state index is 11.9. The first-order valence-electron chi connectivity index (χ1n) is 5.65.